The maximum atomic E-state index is 2.45. The van der Waals surface area contributed by atoms with Gasteiger partial charge >= 0.3 is 0 Å². The van der Waals surface area contributed by atoms with E-state index in [1.54, 1.807) is 0 Å². The summed E-state index contributed by atoms with van der Waals surface area (Å²) in [6.07, 6.45) is 8.33. The molecule has 0 spiro atoms. The quantitative estimate of drug-likeness (QED) is 0.517. The molecule has 0 aromatic rings. The number of fused-ring (bicyclic) bond motifs is 1. The highest BCUT2D eigenvalue weighted by atomic mass is 14.5. The van der Waals surface area contributed by atoms with Gasteiger partial charge in [0.25, 0.3) is 0 Å². The third-order valence-electron chi connectivity index (χ3n) is 2.87. The van der Waals surface area contributed by atoms with E-state index < -0.39 is 0 Å². The lowest BCUT2D eigenvalue weighted by atomic mass is 10.1. The topological polar surface area (TPSA) is 0 Å². The van der Waals surface area contributed by atoms with E-state index in [2.05, 4.69) is 32.1 Å². The Kier molecular flexibility index (Phi) is 1.23. The number of rotatable bonds is 1. The Bertz CT molecular complexity index is 198. The van der Waals surface area contributed by atoms with Crippen LogP contribution in [-0.4, -0.2) is 0 Å². The van der Waals surface area contributed by atoms with Gasteiger partial charge in [-0.1, -0.05) is 37.6 Å². The highest BCUT2D eigenvalue weighted by Gasteiger charge is 2.44. The summed E-state index contributed by atoms with van der Waals surface area (Å²) >= 11 is 0. The van der Waals surface area contributed by atoms with Crippen molar-refractivity contribution >= 4 is 0 Å². The van der Waals surface area contributed by atoms with Gasteiger partial charge in [0.1, 0.15) is 0 Å². The first-order chi connectivity index (χ1) is 4.83. The van der Waals surface area contributed by atoms with Crippen LogP contribution in [0.15, 0.2) is 23.8 Å². The molecule has 0 nitrogen and oxygen atoms in total. The molecule has 3 atom stereocenters. The molecule has 0 amide bonds. The average molecular weight is 134 g/mol. The van der Waals surface area contributed by atoms with Crippen LogP contribution in [0.2, 0.25) is 0 Å². The molecule has 2 aliphatic carbocycles. The standard InChI is InChI=1S/C10H14/c1-3-8-4-5-9-7(2)10(9)6-8/h4-7,9-10H,3H2,1-2H3. The van der Waals surface area contributed by atoms with E-state index in [9.17, 15) is 0 Å². The van der Waals surface area contributed by atoms with Crippen LogP contribution in [-0.2, 0) is 0 Å². The summed E-state index contributed by atoms with van der Waals surface area (Å²) in [5, 5.41) is 0. The largest absolute Gasteiger partial charge is 0.0803 e. The van der Waals surface area contributed by atoms with Gasteiger partial charge < -0.3 is 0 Å². The van der Waals surface area contributed by atoms with Crippen LogP contribution in [0.5, 0.6) is 0 Å². The summed E-state index contributed by atoms with van der Waals surface area (Å²) in [4.78, 5) is 0. The zero-order valence-corrected chi connectivity index (χ0v) is 6.67. The van der Waals surface area contributed by atoms with Crippen molar-refractivity contribution in [1.82, 2.24) is 0 Å². The fraction of sp³-hybridized carbons (Fsp3) is 0.600. The fourth-order valence-corrected chi connectivity index (χ4v) is 1.87. The van der Waals surface area contributed by atoms with Crippen molar-refractivity contribution in [3.63, 3.8) is 0 Å². The Hall–Kier alpha value is -0.520. The van der Waals surface area contributed by atoms with Crippen molar-refractivity contribution in [1.29, 1.82) is 0 Å². The Morgan fingerprint density at radius 2 is 2.20 bits per heavy atom. The maximum absolute atomic E-state index is 2.45. The second-order valence-corrected chi connectivity index (χ2v) is 3.47. The predicted octanol–water partition coefficient (Wildman–Crippen LogP) is 2.77. The molecule has 0 aromatic heterocycles. The van der Waals surface area contributed by atoms with Gasteiger partial charge in [-0.05, 0) is 24.2 Å². The van der Waals surface area contributed by atoms with Gasteiger partial charge in [-0.2, -0.15) is 0 Å². The number of hydrogen-bond donors (Lipinski definition) is 0. The first-order valence-corrected chi connectivity index (χ1v) is 4.22. The van der Waals surface area contributed by atoms with Crippen molar-refractivity contribution in [3.8, 4) is 0 Å². The van der Waals surface area contributed by atoms with Crippen LogP contribution in [0.3, 0.4) is 0 Å². The monoisotopic (exact) mass is 134 g/mol. The molecule has 0 aromatic carbocycles. The molecule has 2 rings (SSSR count). The van der Waals surface area contributed by atoms with Gasteiger partial charge in [0, 0.05) is 0 Å². The summed E-state index contributed by atoms with van der Waals surface area (Å²) in [6, 6.07) is 0. The zero-order chi connectivity index (χ0) is 7.14. The molecule has 2 aliphatic rings. The summed E-state index contributed by atoms with van der Waals surface area (Å²) in [5.41, 5.74) is 1.53. The van der Waals surface area contributed by atoms with Crippen LogP contribution < -0.4 is 0 Å². The highest BCUT2D eigenvalue weighted by molar-refractivity contribution is 5.31. The molecule has 0 N–H and O–H groups in total. The fourth-order valence-electron chi connectivity index (χ4n) is 1.87. The van der Waals surface area contributed by atoms with E-state index in [0.29, 0.717) is 0 Å². The average Bonchev–Trinajstić information content (AvgIpc) is 2.62. The summed E-state index contributed by atoms with van der Waals surface area (Å²) in [7, 11) is 0. The lowest BCUT2D eigenvalue weighted by Crippen LogP contribution is -1.84. The number of allylic oxidation sites excluding steroid dienone is 4. The maximum Gasteiger partial charge on any atom is -0.0130 e. The number of hydrogen-bond acceptors (Lipinski definition) is 0. The molecular weight excluding hydrogens is 120 g/mol. The Labute approximate surface area is 62.6 Å². The van der Waals surface area contributed by atoms with E-state index in [-0.39, 0.29) is 0 Å². The molecule has 3 unspecified atom stereocenters. The van der Waals surface area contributed by atoms with Crippen molar-refractivity contribution in [2.75, 3.05) is 0 Å². The van der Waals surface area contributed by atoms with E-state index in [4.69, 9.17) is 0 Å². The van der Waals surface area contributed by atoms with E-state index >= 15 is 0 Å². The molecule has 1 saturated carbocycles. The third-order valence-corrected chi connectivity index (χ3v) is 2.87. The Morgan fingerprint density at radius 1 is 1.40 bits per heavy atom. The SMILES string of the molecule is CCC1=CC2C(C)C2C=C1. The highest BCUT2D eigenvalue weighted by Crippen LogP contribution is 2.50. The molecule has 0 bridgehead atoms. The zero-order valence-electron chi connectivity index (χ0n) is 6.67. The first-order valence-electron chi connectivity index (χ1n) is 4.22. The minimum absolute atomic E-state index is 0.898. The smallest absolute Gasteiger partial charge is 0.0130 e. The van der Waals surface area contributed by atoms with Crippen molar-refractivity contribution in [3.05, 3.63) is 23.8 Å². The van der Waals surface area contributed by atoms with E-state index in [1.807, 2.05) is 0 Å². The minimum Gasteiger partial charge on any atom is -0.0803 e. The van der Waals surface area contributed by atoms with Crippen molar-refractivity contribution in [2.45, 2.75) is 20.3 Å². The van der Waals surface area contributed by atoms with Crippen molar-refractivity contribution < 1.29 is 0 Å². The molecule has 0 aliphatic heterocycles. The van der Waals surface area contributed by atoms with E-state index in [1.165, 1.54) is 12.0 Å². The molecule has 1 fully saturated rings. The van der Waals surface area contributed by atoms with Gasteiger partial charge in [0.15, 0.2) is 0 Å². The lowest BCUT2D eigenvalue weighted by Gasteiger charge is -2.00. The normalized spacial score (nSPS) is 42.6. The van der Waals surface area contributed by atoms with Crippen LogP contribution in [0.4, 0.5) is 0 Å². The summed E-state index contributed by atoms with van der Waals surface area (Å²) < 4.78 is 0. The van der Waals surface area contributed by atoms with Crippen LogP contribution in [0.1, 0.15) is 20.3 Å². The molecule has 0 radical (unpaired) electrons. The van der Waals surface area contributed by atoms with Gasteiger partial charge in [0.05, 0.1) is 0 Å². The minimum atomic E-state index is 0.898. The molecule has 54 valence electrons. The van der Waals surface area contributed by atoms with Crippen LogP contribution >= 0.6 is 0 Å². The molecule has 10 heavy (non-hydrogen) atoms. The van der Waals surface area contributed by atoms with Gasteiger partial charge in [-0.15, -0.1) is 0 Å². The first kappa shape index (κ1) is 6.21. The third kappa shape index (κ3) is 0.749. The van der Waals surface area contributed by atoms with Gasteiger partial charge in [-0.3, -0.25) is 0 Å². The van der Waals surface area contributed by atoms with Crippen molar-refractivity contribution in [2.24, 2.45) is 17.8 Å². The second kappa shape index (κ2) is 1.98. The van der Waals surface area contributed by atoms with E-state index in [0.717, 1.165) is 17.8 Å². The molecular formula is C10H14. The molecule has 0 heteroatoms. The van der Waals surface area contributed by atoms with Crippen LogP contribution in [0.25, 0.3) is 0 Å². The van der Waals surface area contributed by atoms with Gasteiger partial charge in [0.2, 0.25) is 0 Å². The lowest BCUT2D eigenvalue weighted by molar-refractivity contribution is 0.883. The predicted molar refractivity (Wildman–Crippen MR) is 43.7 cm³/mol. The molecule has 0 saturated heterocycles. The van der Waals surface area contributed by atoms with Gasteiger partial charge in [-0.25, -0.2) is 0 Å². The van der Waals surface area contributed by atoms with Crippen LogP contribution in [0, 0.1) is 17.8 Å². The Morgan fingerprint density at radius 3 is 2.80 bits per heavy atom. The summed E-state index contributed by atoms with van der Waals surface area (Å²) in [5.74, 6) is 2.73. The second-order valence-electron chi connectivity index (χ2n) is 3.47. The summed E-state index contributed by atoms with van der Waals surface area (Å²) in [6.45, 7) is 4.57. The molecule has 0 heterocycles. The Balaban J connectivity index is 2.15.